The summed E-state index contributed by atoms with van der Waals surface area (Å²) in [7, 11) is 0. The molecule has 4 nitrogen and oxygen atoms in total. The zero-order chi connectivity index (χ0) is 20.5. The Kier molecular flexibility index (Phi) is 4.83. The van der Waals surface area contributed by atoms with Gasteiger partial charge in [-0.25, -0.2) is 9.97 Å². The van der Waals surface area contributed by atoms with E-state index in [0.29, 0.717) is 5.92 Å². The molecule has 0 aliphatic rings. The Bertz CT molecular complexity index is 1320. The summed E-state index contributed by atoms with van der Waals surface area (Å²) in [5.74, 6) is 1.57. The Morgan fingerprint density at radius 1 is 0.833 bits per heavy atom. The normalized spacial score (nSPS) is 11.7. The number of nitrogens with zero attached hydrogens (tertiary/aromatic N) is 3. The molecule has 0 saturated heterocycles. The standard InChI is InChI=1S/C26H25N3O/c1-18(2)15-16-30-20-13-11-19(12-14-20)17-29-24-10-6-3-7-21(24)25-26(29)28-23-9-5-4-8-22(23)27-25/h3-14,18H,15-17H2,1-2H3. The van der Waals surface area contributed by atoms with Gasteiger partial charge in [-0.05, 0) is 48.2 Å². The van der Waals surface area contributed by atoms with E-state index in [0.717, 1.165) is 58.4 Å². The number of ether oxygens (including phenoxy) is 1. The van der Waals surface area contributed by atoms with Crippen LogP contribution in [0.1, 0.15) is 25.8 Å². The second kappa shape index (κ2) is 7.79. The van der Waals surface area contributed by atoms with Crippen molar-refractivity contribution in [3.05, 3.63) is 78.4 Å². The van der Waals surface area contributed by atoms with Crippen LogP contribution in [0.25, 0.3) is 33.1 Å². The molecule has 0 spiro atoms. The van der Waals surface area contributed by atoms with E-state index < -0.39 is 0 Å². The monoisotopic (exact) mass is 395 g/mol. The van der Waals surface area contributed by atoms with Gasteiger partial charge in [0.15, 0.2) is 5.65 Å². The number of hydrogen-bond acceptors (Lipinski definition) is 3. The molecule has 4 heteroatoms. The van der Waals surface area contributed by atoms with Gasteiger partial charge in [-0.1, -0.05) is 56.3 Å². The fourth-order valence-corrected chi connectivity index (χ4v) is 3.83. The SMILES string of the molecule is CC(C)CCOc1ccc(Cn2c3ccccc3c3nc4ccccc4nc32)cc1. The van der Waals surface area contributed by atoms with Gasteiger partial charge in [0.05, 0.1) is 23.2 Å². The van der Waals surface area contributed by atoms with Gasteiger partial charge >= 0.3 is 0 Å². The van der Waals surface area contributed by atoms with Crippen LogP contribution in [0, 0.1) is 5.92 Å². The minimum atomic E-state index is 0.650. The van der Waals surface area contributed by atoms with Crippen LogP contribution in [0.2, 0.25) is 0 Å². The van der Waals surface area contributed by atoms with Crippen LogP contribution in [0.15, 0.2) is 72.8 Å². The van der Waals surface area contributed by atoms with Gasteiger partial charge in [0.25, 0.3) is 0 Å². The van der Waals surface area contributed by atoms with Gasteiger partial charge in [0.1, 0.15) is 11.3 Å². The van der Waals surface area contributed by atoms with Crippen LogP contribution in [0.5, 0.6) is 5.75 Å². The first-order valence-electron chi connectivity index (χ1n) is 10.5. The highest BCUT2D eigenvalue weighted by Crippen LogP contribution is 2.29. The molecular weight excluding hydrogens is 370 g/mol. The predicted molar refractivity (Wildman–Crippen MR) is 123 cm³/mol. The Balaban J connectivity index is 1.52. The molecule has 0 saturated carbocycles. The highest BCUT2D eigenvalue weighted by Gasteiger charge is 2.14. The van der Waals surface area contributed by atoms with E-state index in [9.17, 15) is 0 Å². The third-order valence-electron chi connectivity index (χ3n) is 5.49. The summed E-state index contributed by atoms with van der Waals surface area (Å²) < 4.78 is 8.13. The average molecular weight is 396 g/mol. The topological polar surface area (TPSA) is 39.9 Å². The van der Waals surface area contributed by atoms with Crippen molar-refractivity contribution in [2.24, 2.45) is 5.92 Å². The summed E-state index contributed by atoms with van der Waals surface area (Å²) in [5, 5.41) is 1.14. The maximum Gasteiger partial charge on any atom is 0.160 e. The molecule has 0 radical (unpaired) electrons. The molecule has 30 heavy (non-hydrogen) atoms. The van der Waals surface area contributed by atoms with Crippen LogP contribution >= 0.6 is 0 Å². The van der Waals surface area contributed by atoms with Crippen molar-refractivity contribution in [1.82, 2.24) is 14.5 Å². The van der Waals surface area contributed by atoms with Crippen molar-refractivity contribution in [3.8, 4) is 5.75 Å². The van der Waals surface area contributed by atoms with Gasteiger partial charge in [-0.3, -0.25) is 0 Å². The largest absolute Gasteiger partial charge is 0.494 e. The molecule has 2 aromatic heterocycles. The number of aromatic nitrogens is 3. The first kappa shape index (κ1) is 18.6. The molecule has 0 atom stereocenters. The number of para-hydroxylation sites is 3. The van der Waals surface area contributed by atoms with Crippen molar-refractivity contribution in [2.45, 2.75) is 26.8 Å². The van der Waals surface area contributed by atoms with Gasteiger partial charge < -0.3 is 9.30 Å². The summed E-state index contributed by atoms with van der Waals surface area (Å²) in [4.78, 5) is 9.89. The maximum atomic E-state index is 5.87. The highest BCUT2D eigenvalue weighted by atomic mass is 16.5. The smallest absolute Gasteiger partial charge is 0.160 e. The molecule has 0 aliphatic carbocycles. The summed E-state index contributed by atoms with van der Waals surface area (Å²) in [6.45, 7) is 5.92. The summed E-state index contributed by atoms with van der Waals surface area (Å²) in [6.07, 6.45) is 1.07. The van der Waals surface area contributed by atoms with E-state index in [1.165, 1.54) is 5.56 Å². The third kappa shape index (κ3) is 3.50. The van der Waals surface area contributed by atoms with E-state index >= 15 is 0 Å². The predicted octanol–water partition coefficient (Wildman–Crippen LogP) is 6.21. The van der Waals surface area contributed by atoms with E-state index in [4.69, 9.17) is 14.7 Å². The highest BCUT2D eigenvalue weighted by molar-refractivity contribution is 6.06. The molecule has 2 heterocycles. The minimum Gasteiger partial charge on any atom is -0.494 e. The zero-order valence-electron chi connectivity index (χ0n) is 17.4. The Labute approximate surface area is 176 Å². The van der Waals surface area contributed by atoms with E-state index in [2.05, 4.69) is 66.9 Å². The van der Waals surface area contributed by atoms with Crippen LogP contribution in [0.4, 0.5) is 0 Å². The second-order valence-corrected chi connectivity index (χ2v) is 8.16. The van der Waals surface area contributed by atoms with E-state index in [1.54, 1.807) is 0 Å². The molecule has 0 amide bonds. The lowest BCUT2D eigenvalue weighted by molar-refractivity contribution is 0.289. The molecule has 3 aromatic carbocycles. The van der Waals surface area contributed by atoms with Crippen molar-refractivity contribution in [2.75, 3.05) is 6.61 Å². The van der Waals surface area contributed by atoms with E-state index in [1.807, 2.05) is 24.3 Å². The molecule has 0 fully saturated rings. The lowest BCUT2D eigenvalue weighted by atomic mass is 10.1. The van der Waals surface area contributed by atoms with Crippen LogP contribution in [0.3, 0.4) is 0 Å². The van der Waals surface area contributed by atoms with Crippen molar-refractivity contribution >= 4 is 33.1 Å². The Morgan fingerprint density at radius 3 is 2.30 bits per heavy atom. The molecule has 5 rings (SSSR count). The number of rotatable bonds is 6. The van der Waals surface area contributed by atoms with Gasteiger partial charge in [-0.2, -0.15) is 0 Å². The molecule has 0 aliphatic heterocycles. The third-order valence-corrected chi connectivity index (χ3v) is 5.49. The average Bonchev–Trinajstić information content (AvgIpc) is 3.06. The minimum absolute atomic E-state index is 0.650. The van der Waals surface area contributed by atoms with Crippen molar-refractivity contribution in [1.29, 1.82) is 0 Å². The molecule has 0 unspecified atom stereocenters. The van der Waals surface area contributed by atoms with Gasteiger partial charge in [0, 0.05) is 11.9 Å². The number of fused-ring (bicyclic) bond motifs is 4. The Morgan fingerprint density at radius 2 is 1.53 bits per heavy atom. The van der Waals surface area contributed by atoms with Crippen molar-refractivity contribution < 1.29 is 4.74 Å². The first-order chi connectivity index (χ1) is 14.7. The molecule has 0 N–H and O–H groups in total. The second-order valence-electron chi connectivity index (χ2n) is 8.16. The fourth-order valence-electron chi connectivity index (χ4n) is 3.83. The molecule has 5 aromatic rings. The summed E-state index contributed by atoms with van der Waals surface area (Å²) in [6, 6.07) is 24.9. The van der Waals surface area contributed by atoms with Gasteiger partial charge in [0.2, 0.25) is 0 Å². The molecular formula is C26H25N3O. The zero-order valence-corrected chi connectivity index (χ0v) is 17.4. The Hall–Kier alpha value is -3.40. The quantitative estimate of drug-likeness (QED) is 0.343. The maximum absolute atomic E-state index is 5.87. The summed E-state index contributed by atoms with van der Waals surface area (Å²) in [5.41, 5.74) is 6.09. The lowest BCUT2D eigenvalue weighted by Crippen LogP contribution is -2.03. The van der Waals surface area contributed by atoms with E-state index in [-0.39, 0.29) is 0 Å². The first-order valence-corrected chi connectivity index (χ1v) is 10.5. The number of benzene rings is 3. The fraction of sp³-hybridized carbons (Fsp3) is 0.231. The van der Waals surface area contributed by atoms with Gasteiger partial charge in [-0.15, -0.1) is 0 Å². The number of hydrogen-bond donors (Lipinski definition) is 0. The van der Waals surface area contributed by atoms with Crippen LogP contribution in [-0.4, -0.2) is 21.1 Å². The molecule has 150 valence electrons. The van der Waals surface area contributed by atoms with Crippen molar-refractivity contribution in [3.63, 3.8) is 0 Å². The van der Waals surface area contributed by atoms with Crippen LogP contribution in [-0.2, 0) is 6.54 Å². The molecule has 0 bridgehead atoms. The van der Waals surface area contributed by atoms with Crippen LogP contribution < -0.4 is 4.74 Å². The summed E-state index contributed by atoms with van der Waals surface area (Å²) >= 11 is 0. The lowest BCUT2D eigenvalue weighted by Gasteiger charge is -2.10.